The number of carbonyl (C=O) groups excluding carboxylic acids is 1. The van der Waals surface area contributed by atoms with Gasteiger partial charge in [-0.2, -0.15) is 0 Å². The summed E-state index contributed by atoms with van der Waals surface area (Å²) in [5, 5.41) is 27.5. The third-order valence-electron chi connectivity index (χ3n) is 4.00. The second-order valence-electron chi connectivity index (χ2n) is 6.18. The molecule has 1 amide bonds. The maximum atomic E-state index is 12.3. The number of hydrogen-bond donors (Lipinski definition) is 2. The van der Waals surface area contributed by atoms with Crippen LogP contribution in [0.1, 0.15) is 16.2 Å². The van der Waals surface area contributed by atoms with E-state index in [0.29, 0.717) is 24.0 Å². The number of amides is 1. The minimum atomic E-state index is -0.787. The molecular weight excluding hydrogens is 394 g/mol. The van der Waals surface area contributed by atoms with E-state index in [0.717, 1.165) is 18.2 Å². The largest absolute Gasteiger partial charge is 0.368 e. The van der Waals surface area contributed by atoms with Gasteiger partial charge in [0.25, 0.3) is 17.3 Å². The van der Waals surface area contributed by atoms with Gasteiger partial charge in [-0.15, -0.1) is 0 Å². The number of carbonyl (C=O) groups is 1. The molecule has 154 valence electrons. The number of aryl methyl sites for hydroxylation is 1. The SMILES string of the molecule is Cc1nc(NCCNC(=O)c2cc([N+](=O)[O-])cc([N+](=O)[O-])c2)cc(-n2cccc2)n1. The Kier molecular flexibility index (Phi) is 5.96. The molecule has 1 aromatic carbocycles. The van der Waals surface area contributed by atoms with Crippen LogP contribution in [0.2, 0.25) is 0 Å². The van der Waals surface area contributed by atoms with Gasteiger partial charge >= 0.3 is 0 Å². The first-order valence-corrected chi connectivity index (χ1v) is 8.78. The topological polar surface area (TPSA) is 158 Å². The number of rotatable bonds is 8. The lowest BCUT2D eigenvalue weighted by Gasteiger charge is -2.10. The van der Waals surface area contributed by atoms with Gasteiger partial charge in [-0.1, -0.05) is 0 Å². The van der Waals surface area contributed by atoms with Crippen molar-refractivity contribution in [1.29, 1.82) is 0 Å². The molecule has 0 unspecified atom stereocenters. The predicted octanol–water partition coefficient (Wildman–Crippen LogP) is 2.23. The molecular formula is C18H17N7O5. The number of hydrogen-bond acceptors (Lipinski definition) is 8. The summed E-state index contributed by atoms with van der Waals surface area (Å²) in [7, 11) is 0. The fraction of sp³-hybridized carbons (Fsp3) is 0.167. The molecule has 0 bridgehead atoms. The van der Waals surface area contributed by atoms with Gasteiger partial charge in [0.05, 0.1) is 21.5 Å². The Hall–Kier alpha value is -4.35. The van der Waals surface area contributed by atoms with Crippen LogP contribution in [0.4, 0.5) is 17.2 Å². The smallest absolute Gasteiger partial charge is 0.277 e. The molecule has 0 aliphatic carbocycles. The molecule has 2 heterocycles. The van der Waals surface area contributed by atoms with Gasteiger partial charge in [0, 0.05) is 43.7 Å². The summed E-state index contributed by atoms with van der Waals surface area (Å²) in [5.41, 5.74) is -1.22. The van der Waals surface area contributed by atoms with Crippen molar-refractivity contribution < 1.29 is 14.6 Å². The van der Waals surface area contributed by atoms with E-state index in [1.807, 2.05) is 29.1 Å². The average molecular weight is 411 g/mol. The van der Waals surface area contributed by atoms with Crippen LogP contribution in [0.3, 0.4) is 0 Å². The van der Waals surface area contributed by atoms with Gasteiger partial charge in [0.1, 0.15) is 17.5 Å². The van der Waals surface area contributed by atoms with E-state index in [2.05, 4.69) is 20.6 Å². The highest BCUT2D eigenvalue weighted by Crippen LogP contribution is 2.22. The number of anilines is 1. The van der Waals surface area contributed by atoms with Gasteiger partial charge in [0.2, 0.25) is 0 Å². The van der Waals surface area contributed by atoms with E-state index >= 15 is 0 Å². The van der Waals surface area contributed by atoms with Crippen molar-refractivity contribution in [1.82, 2.24) is 19.9 Å². The molecule has 2 aromatic heterocycles. The zero-order valence-corrected chi connectivity index (χ0v) is 15.8. The number of benzene rings is 1. The molecule has 0 spiro atoms. The van der Waals surface area contributed by atoms with Gasteiger partial charge in [-0.25, -0.2) is 9.97 Å². The Morgan fingerprint density at radius 2 is 1.63 bits per heavy atom. The van der Waals surface area contributed by atoms with E-state index in [9.17, 15) is 25.0 Å². The lowest BCUT2D eigenvalue weighted by Crippen LogP contribution is -2.29. The first-order valence-electron chi connectivity index (χ1n) is 8.78. The van der Waals surface area contributed by atoms with Crippen molar-refractivity contribution in [2.24, 2.45) is 0 Å². The van der Waals surface area contributed by atoms with E-state index in [-0.39, 0.29) is 12.1 Å². The van der Waals surface area contributed by atoms with Crippen LogP contribution in [0.25, 0.3) is 5.82 Å². The summed E-state index contributed by atoms with van der Waals surface area (Å²) in [6.45, 7) is 2.23. The summed E-state index contributed by atoms with van der Waals surface area (Å²) >= 11 is 0. The molecule has 0 aliphatic heterocycles. The van der Waals surface area contributed by atoms with Crippen molar-refractivity contribution in [3.63, 3.8) is 0 Å². The zero-order valence-electron chi connectivity index (χ0n) is 15.8. The highest BCUT2D eigenvalue weighted by Gasteiger charge is 2.19. The lowest BCUT2D eigenvalue weighted by molar-refractivity contribution is -0.394. The van der Waals surface area contributed by atoms with Crippen molar-refractivity contribution in [3.05, 3.63) is 80.4 Å². The predicted molar refractivity (Wildman–Crippen MR) is 107 cm³/mol. The Labute approximate surface area is 169 Å². The average Bonchev–Trinajstić information content (AvgIpc) is 3.25. The fourth-order valence-electron chi connectivity index (χ4n) is 2.67. The molecule has 30 heavy (non-hydrogen) atoms. The van der Waals surface area contributed by atoms with Gasteiger partial charge in [-0.3, -0.25) is 25.0 Å². The molecule has 12 heteroatoms. The number of nitrogens with zero attached hydrogens (tertiary/aromatic N) is 5. The van der Waals surface area contributed by atoms with Crippen LogP contribution in [0, 0.1) is 27.2 Å². The molecule has 0 aliphatic rings. The lowest BCUT2D eigenvalue weighted by atomic mass is 10.1. The molecule has 0 fully saturated rings. The Morgan fingerprint density at radius 1 is 1.00 bits per heavy atom. The molecule has 2 N–H and O–H groups in total. The summed E-state index contributed by atoms with van der Waals surface area (Å²) < 4.78 is 1.83. The fourth-order valence-corrected chi connectivity index (χ4v) is 2.67. The van der Waals surface area contributed by atoms with E-state index in [1.165, 1.54) is 0 Å². The number of aromatic nitrogens is 3. The Bertz CT molecular complexity index is 1070. The Balaban J connectivity index is 1.62. The molecule has 0 radical (unpaired) electrons. The monoisotopic (exact) mass is 411 g/mol. The second-order valence-corrected chi connectivity index (χ2v) is 6.18. The van der Waals surface area contributed by atoms with Crippen molar-refractivity contribution in [2.75, 3.05) is 18.4 Å². The number of non-ortho nitro benzene ring substituents is 2. The maximum absolute atomic E-state index is 12.3. The van der Waals surface area contributed by atoms with Crippen LogP contribution in [0.15, 0.2) is 48.8 Å². The standard InChI is InChI=1S/C18H17N7O5/c1-12-21-16(11-17(22-12)23-6-2-3-7-23)19-4-5-20-18(26)13-8-14(24(27)28)10-15(9-13)25(29)30/h2-3,6-11H,4-5H2,1H3,(H,20,26)(H,19,21,22). The zero-order chi connectivity index (χ0) is 21.7. The van der Waals surface area contributed by atoms with E-state index in [4.69, 9.17) is 0 Å². The van der Waals surface area contributed by atoms with E-state index in [1.54, 1.807) is 13.0 Å². The first-order chi connectivity index (χ1) is 14.3. The summed E-state index contributed by atoms with van der Waals surface area (Å²) in [4.78, 5) is 41.2. The third-order valence-corrected chi connectivity index (χ3v) is 4.00. The molecule has 3 aromatic rings. The molecule has 3 rings (SSSR count). The van der Waals surface area contributed by atoms with E-state index < -0.39 is 27.1 Å². The van der Waals surface area contributed by atoms with Crippen LogP contribution in [-0.4, -0.2) is 43.4 Å². The van der Waals surface area contributed by atoms with Crippen molar-refractivity contribution in [3.8, 4) is 5.82 Å². The van der Waals surface area contributed by atoms with Gasteiger partial charge in [-0.05, 0) is 19.1 Å². The molecule has 0 saturated heterocycles. The first kappa shape index (κ1) is 20.4. The molecule has 0 atom stereocenters. The van der Waals surface area contributed by atoms with Gasteiger partial charge < -0.3 is 15.2 Å². The van der Waals surface area contributed by atoms with Crippen molar-refractivity contribution in [2.45, 2.75) is 6.92 Å². The van der Waals surface area contributed by atoms with Gasteiger partial charge in [0.15, 0.2) is 0 Å². The maximum Gasteiger partial charge on any atom is 0.277 e. The summed E-state index contributed by atoms with van der Waals surface area (Å²) in [6.07, 6.45) is 3.70. The normalized spacial score (nSPS) is 10.4. The number of nitrogens with one attached hydrogen (secondary N) is 2. The van der Waals surface area contributed by atoms with Crippen LogP contribution < -0.4 is 10.6 Å². The third kappa shape index (κ3) is 4.92. The minimum Gasteiger partial charge on any atom is -0.368 e. The van der Waals surface area contributed by atoms with Crippen LogP contribution in [-0.2, 0) is 0 Å². The Morgan fingerprint density at radius 3 is 2.23 bits per heavy atom. The number of nitro benzene ring substituents is 2. The summed E-state index contributed by atoms with van der Waals surface area (Å²) in [6, 6.07) is 8.29. The van der Waals surface area contributed by atoms with Crippen LogP contribution >= 0.6 is 0 Å². The highest BCUT2D eigenvalue weighted by molar-refractivity contribution is 5.95. The second kappa shape index (κ2) is 8.77. The number of nitro groups is 2. The van der Waals surface area contributed by atoms with Crippen molar-refractivity contribution >= 4 is 23.1 Å². The summed E-state index contributed by atoms with van der Waals surface area (Å²) in [5.74, 6) is 1.15. The quantitative estimate of drug-likeness (QED) is 0.324. The molecule has 12 nitrogen and oxygen atoms in total. The van der Waals surface area contributed by atoms with Crippen LogP contribution in [0.5, 0.6) is 0 Å². The minimum absolute atomic E-state index is 0.163. The highest BCUT2D eigenvalue weighted by atomic mass is 16.6. The molecule has 0 saturated carbocycles.